The van der Waals surface area contributed by atoms with Crippen molar-refractivity contribution in [3.05, 3.63) is 0 Å². The lowest BCUT2D eigenvalue weighted by atomic mass is 9.92. The molecule has 0 fully saturated rings. The Morgan fingerprint density at radius 3 is 2.25 bits per heavy atom. The molecule has 0 saturated carbocycles. The van der Waals surface area contributed by atoms with Gasteiger partial charge in [0, 0.05) is 13.1 Å². The maximum atomic E-state index is 12.2. The van der Waals surface area contributed by atoms with Crippen molar-refractivity contribution in [3.8, 4) is 0 Å². The highest BCUT2D eigenvalue weighted by atomic mass is 19.3. The summed E-state index contributed by atoms with van der Waals surface area (Å²) in [5, 5.41) is 3.37. The van der Waals surface area contributed by atoms with Gasteiger partial charge in [0.15, 0.2) is 0 Å². The lowest BCUT2D eigenvalue weighted by Gasteiger charge is -2.30. The highest BCUT2D eigenvalue weighted by Gasteiger charge is 2.21. The van der Waals surface area contributed by atoms with Gasteiger partial charge in [-0.25, -0.2) is 8.78 Å². The Labute approximate surface area is 98.4 Å². The summed E-state index contributed by atoms with van der Waals surface area (Å²) in [5.74, 6) is 0.620. The molecule has 0 bridgehead atoms. The minimum absolute atomic E-state index is 0.0263. The summed E-state index contributed by atoms with van der Waals surface area (Å²) in [6.45, 7) is 10.9. The molecule has 0 aliphatic heterocycles. The molecule has 98 valence electrons. The molecule has 0 aromatic rings. The van der Waals surface area contributed by atoms with Crippen LogP contribution in [0.25, 0.3) is 0 Å². The van der Waals surface area contributed by atoms with Crippen LogP contribution in [0, 0.1) is 11.3 Å². The van der Waals surface area contributed by atoms with Gasteiger partial charge in [-0.15, -0.1) is 0 Å². The van der Waals surface area contributed by atoms with E-state index in [-0.39, 0.29) is 12.0 Å². The third-order valence-corrected chi connectivity index (χ3v) is 2.30. The average molecular weight is 236 g/mol. The van der Waals surface area contributed by atoms with E-state index in [2.05, 4.69) is 33.0 Å². The van der Waals surface area contributed by atoms with Gasteiger partial charge in [-0.05, 0) is 24.9 Å². The van der Waals surface area contributed by atoms with Crippen molar-refractivity contribution in [2.45, 2.75) is 34.1 Å². The second-order valence-corrected chi connectivity index (χ2v) is 5.78. The summed E-state index contributed by atoms with van der Waals surface area (Å²) in [7, 11) is 1.75. The summed E-state index contributed by atoms with van der Waals surface area (Å²) in [6.07, 6.45) is -2.25. The van der Waals surface area contributed by atoms with Crippen LogP contribution in [-0.2, 0) is 0 Å². The van der Waals surface area contributed by atoms with Crippen LogP contribution < -0.4 is 5.32 Å². The Hall–Kier alpha value is -0.220. The summed E-state index contributed by atoms with van der Waals surface area (Å²) >= 11 is 0. The normalized spacial score (nSPS) is 13.1. The molecule has 2 nitrogen and oxygen atoms in total. The molecule has 16 heavy (non-hydrogen) atoms. The highest BCUT2D eigenvalue weighted by Crippen LogP contribution is 2.15. The monoisotopic (exact) mass is 236 g/mol. The lowest BCUT2D eigenvalue weighted by Crippen LogP contribution is -2.41. The van der Waals surface area contributed by atoms with Gasteiger partial charge in [0.25, 0.3) is 6.43 Å². The predicted octanol–water partition coefficient (Wildman–Crippen LogP) is 2.46. The molecule has 0 spiro atoms. The molecule has 0 amide bonds. The molecule has 0 aromatic heterocycles. The fourth-order valence-electron chi connectivity index (χ4n) is 1.79. The summed E-state index contributed by atoms with van der Waals surface area (Å²) in [6, 6.07) is 0. The van der Waals surface area contributed by atoms with Gasteiger partial charge in [-0.3, -0.25) is 0 Å². The standard InChI is InChI=1S/C12H26F2N2/c1-10(2)6-15-8-12(3,4)9-16(5)7-11(13)14/h10-11,15H,6-9H2,1-5H3. The summed E-state index contributed by atoms with van der Waals surface area (Å²) < 4.78 is 24.3. The third-order valence-electron chi connectivity index (χ3n) is 2.30. The van der Waals surface area contributed by atoms with Gasteiger partial charge in [-0.2, -0.15) is 0 Å². The van der Waals surface area contributed by atoms with Gasteiger partial charge >= 0.3 is 0 Å². The van der Waals surface area contributed by atoms with Crippen molar-refractivity contribution in [2.75, 3.05) is 33.2 Å². The minimum Gasteiger partial charge on any atom is -0.316 e. The molecule has 0 atom stereocenters. The van der Waals surface area contributed by atoms with E-state index in [9.17, 15) is 8.78 Å². The zero-order chi connectivity index (χ0) is 12.8. The SMILES string of the molecule is CC(C)CNCC(C)(C)CN(C)CC(F)F. The van der Waals surface area contributed by atoms with E-state index in [0.29, 0.717) is 12.5 Å². The Bertz CT molecular complexity index is 182. The fourth-order valence-corrected chi connectivity index (χ4v) is 1.79. The minimum atomic E-state index is -2.25. The smallest absolute Gasteiger partial charge is 0.251 e. The number of nitrogens with one attached hydrogen (secondary N) is 1. The Kier molecular flexibility index (Phi) is 7.07. The van der Waals surface area contributed by atoms with Crippen LogP contribution in [0.5, 0.6) is 0 Å². The van der Waals surface area contributed by atoms with Crippen molar-refractivity contribution in [3.63, 3.8) is 0 Å². The maximum Gasteiger partial charge on any atom is 0.251 e. The topological polar surface area (TPSA) is 15.3 Å². The Morgan fingerprint density at radius 2 is 1.81 bits per heavy atom. The van der Waals surface area contributed by atoms with E-state index in [1.807, 2.05) is 0 Å². The van der Waals surface area contributed by atoms with E-state index >= 15 is 0 Å². The Morgan fingerprint density at radius 1 is 1.25 bits per heavy atom. The molecule has 0 aromatic carbocycles. The van der Waals surface area contributed by atoms with Crippen molar-refractivity contribution >= 4 is 0 Å². The third kappa shape index (κ3) is 9.04. The van der Waals surface area contributed by atoms with Crippen LogP contribution in [-0.4, -0.2) is 44.6 Å². The summed E-state index contributed by atoms with van der Waals surface area (Å²) in [4.78, 5) is 1.70. The molecular weight excluding hydrogens is 210 g/mol. The number of hydrogen-bond donors (Lipinski definition) is 1. The van der Waals surface area contributed by atoms with E-state index in [4.69, 9.17) is 0 Å². The molecular formula is C12H26F2N2. The number of hydrogen-bond acceptors (Lipinski definition) is 2. The maximum absolute atomic E-state index is 12.2. The van der Waals surface area contributed by atoms with Crippen molar-refractivity contribution < 1.29 is 8.78 Å². The van der Waals surface area contributed by atoms with E-state index in [1.165, 1.54) is 0 Å². The van der Waals surface area contributed by atoms with Gasteiger partial charge in [0.05, 0.1) is 6.54 Å². The predicted molar refractivity (Wildman–Crippen MR) is 65.0 cm³/mol. The van der Waals surface area contributed by atoms with Gasteiger partial charge in [-0.1, -0.05) is 27.7 Å². The molecule has 0 aliphatic rings. The van der Waals surface area contributed by atoms with E-state index in [1.54, 1.807) is 11.9 Å². The number of rotatable bonds is 8. The first-order valence-corrected chi connectivity index (χ1v) is 5.90. The van der Waals surface area contributed by atoms with Crippen LogP contribution in [0.4, 0.5) is 8.78 Å². The highest BCUT2D eigenvalue weighted by molar-refractivity contribution is 4.75. The first-order chi connectivity index (χ1) is 7.23. The van der Waals surface area contributed by atoms with Crippen molar-refractivity contribution in [1.82, 2.24) is 10.2 Å². The average Bonchev–Trinajstić information content (AvgIpc) is 1.98. The summed E-state index contributed by atoms with van der Waals surface area (Å²) in [5.41, 5.74) is 0.0263. The lowest BCUT2D eigenvalue weighted by molar-refractivity contribution is 0.0820. The van der Waals surface area contributed by atoms with Crippen LogP contribution in [0.1, 0.15) is 27.7 Å². The first kappa shape index (κ1) is 15.8. The molecule has 1 N–H and O–H groups in total. The largest absolute Gasteiger partial charge is 0.316 e. The fraction of sp³-hybridized carbons (Fsp3) is 1.00. The van der Waals surface area contributed by atoms with Crippen LogP contribution >= 0.6 is 0 Å². The second-order valence-electron chi connectivity index (χ2n) is 5.78. The molecule has 0 aliphatic carbocycles. The van der Waals surface area contributed by atoms with Crippen LogP contribution in [0.2, 0.25) is 0 Å². The molecule has 0 rings (SSSR count). The van der Waals surface area contributed by atoms with E-state index in [0.717, 1.165) is 13.1 Å². The number of nitrogens with zero attached hydrogens (tertiary/aromatic N) is 1. The zero-order valence-electron chi connectivity index (χ0n) is 11.2. The van der Waals surface area contributed by atoms with Crippen molar-refractivity contribution in [1.29, 1.82) is 0 Å². The molecule has 4 heteroatoms. The molecule has 0 heterocycles. The number of alkyl halides is 2. The first-order valence-electron chi connectivity index (χ1n) is 5.90. The molecule has 0 saturated heterocycles. The number of halogens is 2. The second kappa shape index (κ2) is 7.17. The van der Waals surface area contributed by atoms with Crippen LogP contribution in [0.15, 0.2) is 0 Å². The quantitative estimate of drug-likeness (QED) is 0.696. The van der Waals surface area contributed by atoms with Gasteiger partial charge in [0.1, 0.15) is 0 Å². The van der Waals surface area contributed by atoms with Gasteiger partial charge < -0.3 is 10.2 Å². The van der Waals surface area contributed by atoms with Gasteiger partial charge in [0.2, 0.25) is 0 Å². The molecule has 0 unspecified atom stereocenters. The van der Waals surface area contributed by atoms with Crippen LogP contribution in [0.3, 0.4) is 0 Å². The van der Waals surface area contributed by atoms with Crippen molar-refractivity contribution in [2.24, 2.45) is 11.3 Å². The Balaban J connectivity index is 3.84. The van der Waals surface area contributed by atoms with E-state index < -0.39 is 6.43 Å². The zero-order valence-corrected chi connectivity index (χ0v) is 11.2. The molecule has 0 radical (unpaired) electrons.